The molecule has 1 amide bonds. The van der Waals surface area contributed by atoms with Gasteiger partial charge in [-0.25, -0.2) is 0 Å². The fourth-order valence-corrected chi connectivity index (χ4v) is 1.37. The molecule has 0 saturated heterocycles. The van der Waals surface area contributed by atoms with Crippen LogP contribution in [0.5, 0.6) is 5.75 Å². The Morgan fingerprint density at radius 3 is 2.94 bits per heavy atom. The van der Waals surface area contributed by atoms with Crippen molar-refractivity contribution in [1.82, 2.24) is 5.32 Å². The highest BCUT2D eigenvalue weighted by molar-refractivity contribution is 5.77. The number of hydrogen-bond donors (Lipinski definition) is 2. The molecule has 0 saturated carbocycles. The van der Waals surface area contributed by atoms with Gasteiger partial charge in [0.05, 0.1) is 0 Å². The van der Waals surface area contributed by atoms with E-state index in [1.165, 1.54) is 0 Å². The summed E-state index contributed by atoms with van der Waals surface area (Å²) in [6.45, 7) is 4.59. The molecule has 4 heteroatoms. The number of nitrogens with two attached hydrogens (primary N) is 1. The van der Waals surface area contributed by atoms with Crippen molar-refractivity contribution < 1.29 is 9.53 Å². The van der Waals surface area contributed by atoms with E-state index in [0.717, 1.165) is 17.7 Å². The third-order valence-electron chi connectivity index (χ3n) is 2.16. The Bertz CT molecular complexity index is 377. The molecule has 17 heavy (non-hydrogen) atoms. The third kappa shape index (κ3) is 4.70. The van der Waals surface area contributed by atoms with E-state index in [-0.39, 0.29) is 12.5 Å². The summed E-state index contributed by atoms with van der Waals surface area (Å²) in [5, 5.41) is 2.64. The Balaban J connectivity index is 2.50. The van der Waals surface area contributed by atoms with Gasteiger partial charge in [0.2, 0.25) is 0 Å². The van der Waals surface area contributed by atoms with E-state index in [4.69, 9.17) is 10.5 Å². The monoisotopic (exact) mass is 234 g/mol. The van der Waals surface area contributed by atoms with Crippen LogP contribution in [0, 0.1) is 0 Å². The number of ether oxygens (including phenoxy) is 1. The summed E-state index contributed by atoms with van der Waals surface area (Å²) in [5.41, 5.74) is 6.30. The van der Waals surface area contributed by atoms with Crippen molar-refractivity contribution in [1.29, 1.82) is 0 Å². The molecule has 0 unspecified atom stereocenters. The lowest BCUT2D eigenvalue weighted by atomic mass is 10.1. The Kier molecular flexibility index (Phi) is 5.82. The highest BCUT2D eigenvalue weighted by atomic mass is 16.5. The second kappa shape index (κ2) is 7.46. The van der Waals surface area contributed by atoms with Crippen LogP contribution in [0.25, 0.3) is 0 Å². The molecule has 92 valence electrons. The summed E-state index contributed by atoms with van der Waals surface area (Å²) in [5.74, 6) is 0.555. The van der Waals surface area contributed by atoms with Gasteiger partial charge in [-0.1, -0.05) is 24.3 Å². The van der Waals surface area contributed by atoms with Gasteiger partial charge in [0, 0.05) is 13.1 Å². The lowest BCUT2D eigenvalue weighted by molar-refractivity contribution is -0.123. The molecule has 1 rings (SSSR count). The van der Waals surface area contributed by atoms with Crippen LogP contribution in [-0.2, 0) is 11.2 Å². The summed E-state index contributed by atoms with van der Waals surface area (Å²) >= 11 is 0. The van der Waals surface area contributed by atoms with Crippen molar-refractivity contribution in [3.8, 4) is 5.75 Å². The van der Waals surface area contributed by atoms with Crippen LogP contribution < -0.4 is 15.8 Å². The first-order chi connectivity index (χ1) is 8.27. The number of para-hydroxylation sites is 1. The molecular formula is C13H18N2O2. The van der Waals surface area contributed by atoms with Gasteiger partial charge in [0.25, 0.3) is 5.91 Å². The zero-order valence-corrected chi connectivity index (χ0v) is 9.82. The molecule has 0 heterocycles. The minimum absolute atomic E-state index is 0.00809. The number of carbonyl (C=O) groups is 1. The minimum atomic E-state index is -0.163. The molecule has 4 nitrogen and oxygen atoms in total. The number of hydrogen-bond acceptors (Lipinski definition) is 3. The molecule has 0 bridgehead atoms. The van der Waals surface area contributed by atoms with Gasteiger partial charge in [-0.05, 0) is 18.1 Å². The van der Waals surface area contributed by atoms with E-state index in [0.29, 0.717) is 13.1 Å². The molecule has 0 atom stereocenters. The zero-order chi connectivity index (χ0) is 12.5. The summed E-state index contributed by atoms with van der Waals surface area (Å²) in [4.78, 5) is 11.3. The first-order valence-corrected chi connectivity index (χ1v) is 5.56. The fraction of sp³-hybridized carbons (Fsp3) is 0.308. The first-order valence-electron chi connectivity index (χ1n) is 5.56. The molecular weight excluding hydrogens is 216 g/mol. The molecule has 0 aliphatic carbocycles. The van der Waals surface area contributed by atoms with Gasteiger partial charge in [0.15, 0.2) is 6.61 Å². The lowest BCUT2D eigenvalue weighted by Crippen LogP contribution is -2.33. The topological polar surface area (TPSA) is 64.3 Å². The standard InChI is InChI=1S/C13H18N2O2/c1-2-5-11-6-3-4-7-12(11)17-10-13(16)15-9-8-14/h2-4,6-7H,1,5,8-10,14H2,(H,15,16). The number of carbonyl (C=O) groups excluding carboxylic acids is 1. The van der Waals surface area contributed by atoms with Gasteiger partial charge < -0.3 is 15.8 Å². The molecule has 0 spiro atoms. The number of benzene rings is 1. The maximum atomic E-state index is 11.3. The van der Waals surface area contributed by atoms with E-state index in [9.17, 15) is 4.79 Å². The van der Waals surface area contributed by atoms with Crippen LogP contribution in [-0.4, -0.2) is 25.6 Å². The highest BCUT2D eigenvalue weighted by Crippen LogP contribution is 2.18. The van der Waals surface area contributed by atoms with Crippen LogP contribution in [0.1, 0.15) is 5.56 Å². The van der Waals surface area contributed by atoms with Crippen LogP contribution in [0.3, 0.4) is 0 Å². The number of allylic oxidation sites excluding steroid dienone is 1. The summed E-state index contributed by atoms with van der Waals surface area (Å²) in [7, 11) is 0. The van der Waals surface area contributed by atoms with Crippen LogP contribution >= 0.6 is 0 Å². The molecule has 0 radical (unpaired) electrons. The van der Waals surface area contributed by atoms with E-state index in [1.54, 1.807) is 6.08 Å². The van der Waals surface area contributed by atoms with Crippen molar-refractivity contribution in [2.24, 2.45) is 5.73 Å². The lowest BCUT2D eigenvalue weighted by Gasteiger charge is -2.10. The largest absolute Gasteiger partial charge is 0.483 e. The molecule has 0 aliphatic rings. The molecule has 0 aliphatic heterocycles. The van der Waals surface area contributed by atoms with Gasteiger partial charge in [-0.15, -0.1) is 6.58 Å². The second-order valence-corrected chi connectivity index (χ2v) is 3.53. The summed E-state index contributed by atoms with van der Waals surface area (Å²) in [6.07, 6.45) is 2.53. The number of nitrogens with one attached hydrogen (secondary N) is 1. The van der Waals surface area contributed by atoms with Crippen molar-refractivity contribution in [3.05, 3.63) is 42.5 Å². The zero-order valence-electron chi connectivity index (χ0n) is 9.82. The Hall–Kier alpha value is -1.81. The van der Waals surface area contributed by atoms with Crippen molar-refractivity contribution in [2.75, 3.05) is 19.7 Å². The predicted octanol–water partition coefficient (Wildman–Crippen LogP) is 0.869. The van der Waals surface area contributed by atoms with E-state index >= 15 is 0 Å². The highest BCUT2D eigenvalue weighted by Gasteiger charge is 2.04. The average Bonchev–Trinajstić information content (AvgIpc) is 2.35. The second-order valence-electron chi connectivity index (χ2n) is 3.53. The maximum Gasteiger partial charge on any atom is 0.257 e. The molecule has 0 aromatic heterocycles. The smallest absolute Gasteiger partial charge is 0.257 e. The van der Waals surface area contributed by atoms with Gasteiger partial charge in [0.1, 0.15) is 5.75 Å². The average molecular weight is 234 g/mol. The van der Waals surface area contributed by atoms with Crippen molar-refractivity contribution in [3.63, 3.8) is 0 Å². The van der Waals surface area contributed by atoms with Gasteiger partial charge >= 0.3 is 0 Å². The Morgan fingerprint density at radius 2 is 2.24 bits per heavy atom. The van der Waals surface area contributed by atoms with Gasteiger partial charge in [-0.3, -0.25) is 4.79 Å². The third-order valence-corrected chi connectivity index (χ3v) is 2.16. The first kappa shape index (κ1) is 13.3. The number of amides is 1. The fourth-order valence-electron chi connectivity index (χ4n) is 1.37. The van der Waals surface area contributed by atoms with E-state index in [1.807, 2.05) is 24.3 Å². The van der Waals surface area contributed by atoms with E-state index < -0.39 is 0 Å². The Morgan fingerprint density at radius 1 is 1.47 bits per heavy atom. The summed E-state index contributed by atoms with van der Waals surface area (Å²) in [6, 6.07) is 7.60. The molecule has 1 aromatic rings. The van der Waals surface area contributed by atoms with Crippen LogP contribution in [0.15, 0.2) is 36.9 Å². The molecule has 1 aromatic carbocycles. The van der Waals surface area contributed by atoms with Crippen molar-refractivity contribution in [2.45, 2.75) is 6.42 Å². The van der Waals surface area contributed by atoms with E-state index in [2.05, 4.69) is 11.9 Å². The normalized spacial score (nSPS) is 9.71. The van der Waals surface area contributed by atoms with Crippen LogP contribution in [0.4, 0.5) is 0 Å². The van der Waals surface area contributed by atoms with Crippen molar-refractivity contribution >= 4 is 5.91 Å². The molecule has 0 fully saturated rings. The number of rotatable bonds is 7. The molecule has 3 N–H and O–H groups in total. The van der Waals surface area contributed by atoms with Gasteiger partial charge in [-0.2, -0.15) is 0 Å². The SMILES string of the molecule is C=CCc1ccccc1OCC(=O)NCCN. The Labute approximate surface area is 101 Å². The minimum Gasteiger partial charge on any atom is -0.483 e. The summed E-state index contributed by atoms with van der Waals surface area (Å²) < 4.78 is 5.45. The maximum absolute atomic E-state index is 11.3. The predicted molar refractivity (Wildman–Crippen MR) is 67.9 cm³/mol. The quantitative estimate of drug-likeness (QED) is 0.688. The van der Waals surface area contributed by atoms with Crippen LogP contribution in [0.2, 0.25) is 0 Å².